The largest absolute Gasteiger partial charge is 0.508 e. The number of benzene rings is 1. The van der Waals surface area contributed by atoms with Crippen molar-refractivity contribution in [2.45, 2.75) is 6.42 Å². The number of aromatic hydroxyl groups is 1. The molecule has 4 nitrogen and oxygen atoms in total. The van der Waals surface area contributed by atoms with Gasteiger partial charge in [0.25, 0.3) is 0 Å². The predicted octanol–water partition coefficient (Wildman–Crippen LogP) is 0.506. The zero-order chi connectivity index (χ0) is 12.3. The van der Waals surface area contributed by atoms with E-state index in [0.717, 1.165) is 13.1 Å². The monoisotopic (exact) mass is 238 g/mol. The molecule has 1 saturated heterocycles. The van der Waals surface area contributed by atoms with E-state index in [-0.39, 0.29) is 18.1 Å². The highest BCUT2D eigenvalue weighted by Gasteiger charge is 2.17. The Morgan fingerprint density at radius 3 is 2.82 bits per heavy atom. The van der Waals surface area contributed by atoms with Crippen molar-refractivity contribution in [2.24, 2.45) is 0 Å². The van der Waals surface area contributed by atoms with Crippen LogP contribution in [0.1, 0.15) is 5.56 Å². The Hall–Kier alpha value is -1.62. The topological polar surface area (TPSA) is 52.6 Å². The minimum absolute atomic E-state index is 0.0325. The van der Waals surface area contributed by atoms with Gasteiger partial charge in [-0.25, -0.2) is 4.39 Å². The highest BCUT2D eigenvalue weighted by molar-refractivity contribution is 5.79. The fourth-order valence-electron chi connectivity index (χ4n) is 1.88. The van der Waals surface area contributed by atoms with Gasteiger partial charge in [-0.15, -0.1) is 0 Å². The molecule has 1 aliphatic heterocycles. The highest BCUT2D eigenvalue weighted by Crippen LogP contribution is 2.19. The maximum Gasteiger partial charge on any atom is 0.227 e. The summed E-state index contributed by atoms with van der Waals surface area (Å²) in [5.41, 5.74) is 0.341. The van der Waals surface area contributed by atoms with E-state index in [1.807, 2.05) is 0 Å². The van der Waals surface area contributed by atoms with E-state index in [0.29, 0.717) is 18.7 Å². The lowest BCUT2D eigenvalue weighted by Gasteiger charge is -2.27. The smallest absolute Gasteiger partial charge is 0.227 e. The first kappa shape index (κ1) is 11.9. The van der Waals surface area contributed by atoms with Crippen LogP contribution in [0.4, 0.5) is 4.39 Å². The number of phenolic OH excluding ortho intramolecular Hbond substituents is 1. The van der Waals surface area contributed by atoms with Gasteiger partial charge in [0.15, 0.2) is 0 Å². The molecule has 1 aliphatic rings. The van der Waals surface area contributed by atoms with Crippen LogP contribution in [-0.2, 0) is 11.2 Å². The van der Waals surface area contributed by atoms with Crippen LogP contribution in [0.2, 0.25) is 0 Å². The molecular formula is C12H15FN2O2. The van der Waals surface area contributed by atoms with Gasteiger partial charge in [-0.3, -0.25) is 4.79 Å². The molecule has 0 aliphatic carbocycles. The first-order valence-electron chi connectivity index (χ1n) is 5.63. The van der Waals surface area contributed by atoms with Gasteiger partial charge in [0.2, 0.25) is 5.91 Å². The molecule has 1 fully saturated rings. The molecule has 0 unspecified atom stereocenters. The molecule has 2 N–H and O–H groups in total. The molecule has 92 valence electrons. The molecule has 2 rings (SSSR count). The zero-order valence-corrected chi connectivity index (χ0v) is 9.45. The minimum atomic E-state index is -0.439. The standard InChI is InChI=1S/C12H15FN2O2/c13-10-1-2-11(16)9(7-10)8-12(17)15-5-3-14-4-6-15/h1-2,7,14,16H,3-6,8H2. The Kier molecular flexibility index (Phi) is 3.58. The van der Waals surface area contributed by atoms with E-state index < -0.39 is 5.82 Å². The maximum atomic E-state index is 13.0. The number of hydrogen-bond donors (Lipinski definition) is 2. The lowest BCUT2D eigenvalue weighted by molar-refractivity contribution is -0.131. The summed E-state index contributed by atoms with van der Waals surface area (Å²) in [7, 11) is 0. The third-order valence-electron chi connectivity index (χ3n) is 2.85. The van der Waals surface area contributed by atoms with Gasteiger partial charge in [0.1, 0.15) is 11.6 Å². The second kappa shape index (κ2) is 5.14. The van der Waals surface area contributed by atoms with Gasteiger partial charge >= 0.3 is 0 Å². The summed E-state index contributed by atoms with van der Waals surface area (Å²) in [5.74, 6) is -0.548. The minimum Gasteiger partial charge on any atom is -0.508 e. The second-order valence-electron chi connectivity index (χ2n) is 4.08. The van der Waals surface area contributed by atoms with Crippen molar-refractivity contribution in [1.82, 2.24) is 10.2 Å². The first-order chi connectivity index (χ1) is 8.16. The van der Waals surface area contributed by atoms with Crippen molar-refractivity contribution in [2.75, 3.05) is 26.2 Å². The van der Waals surface area contributed by atoms with E-state index in [4.69, 9.17) is 0 Å². The third kappa shape index (κ3) is 2.94. The van der Waals surface area contributed by atoms with E-state index in [2.05, 4.69) is 5.32 Å². The van der Waals surface area contributed by atoms with Crippen molar-refractivity contribution in [3.8, 4) is 5.75 Å². The van der Waals surface area contributed by atoms with Crippen molar-refractivity contribution >= 4 is 5.91 Å². The van der Waals surface area contributed by atoms with Crippen LogP contribution in [-0.4, -0.2) is 42.1 Å². The first-order valence-corrected chi connectivity index (χ1v) is 5.63. The number of hydrogen-bond acceptors (Lipinski definition) is 3. The molecule has 1 heterocycles. The third-order valence-corrected chi connectivity index (χ3v) is 2.85. The number of nitrogens with zero attached hydrogens (tertiary/aromatic N) is 1. The van der Waals surface area contributed by atoms with Crippen LogP contribution in [0.5, 0.6) is 5.75 Å². The van der Waals surface area contributed by atoms with Crippen LogP contribution in [0.3, 0.4) is 0 Å². The fraction of sp³-hybridized carbons (Fsp3) is 0.417. The molecule has 0 atom stereocenters. The Balaban J connectivity index is 2.04. The number of nitrogens with one attached hydrogen (secondary N) is 1. The average Bonchev–Trinajstić information content (AvgIpc) is 2.35. The number of piperazine rings is 1. The van der Waals surface area contributed by atoms with Crippen LogP contribution in [0.25, 0.3) is 0 Å². The SMILES string of the molecule is O=C(Cc1cc(F)ccc1O)N1CCNCC1. The van der Waals surface area contributed by atoms with E-state index in [1.54, 1.807) is 4.90 Å². The molecule has 0 saturated carbocycles. The summed E-state index contributed by atoms with van der Waals surface area (Å²) in [4.78, 5) is 13.6. The average molecular weight is 238 g/mol. The van der Waals surface area contributed by atoms with Gasteiger partial charge in [-0.2, -0.15) is 0 Å². The second-order valence-corrected chi connectivity index (χ2v) is 4.08. The fourth-order valence-corrected chi connectivity index (χ4v) is 1.88. The molecule has 0 aromatic heterocycles. The number of phenols is 1. The van der Waals surface area contributed by atoms with Crippen LogP contribution < -0.4 is 5.32 Å². The molecule has 0 radical (unpaired) electrons. The van der Waals surface area contributed by atoms with Crippen LogP contribution in [0.15, 0.2) is 18.2 Å². The van der Waals surface area contributed by atoms with Gasteiger partial charge in [-0.05, 0) is 18.2 Å². The molecule has 0 bridgehead atoms. The summed E-state index contributed by atoms with van der Waals surface area (Å²) in [6.07, 6.45) is 0.0452. The summed E-state index contributed by atoms with van der Waals surface area (Å²) in [6, 6.07) is 3.65. The van der Waals surface area contributed by atoms with Gasteiger partial charge in [0.05, 0.1) is 6.42 Å². The Morgan fingerprint density at radius 1 is 1.41 bits per heavy atom. The number of carbonyl (C=O) groups excluding carboxylic acids is 1. The number of halogens is 1. The number of carbonyl (C=O) groups is 1. The summed E-state index contributed by atoms with van der Waals surface area (Å²) >= 11 is 0. The molecule has 17 heavy (non-hydrogen) atoms. The maximum absolute atomic E-state index is 13.0. The molecule has 1 aromatic carbocycles. The predicted molar refractivity (Wildman–Crippen MR) is 61.2 cm³/mol. The Morgan fingerprint density at radius 2 is 2.12 bits per heavy atom. The number of amides is 1. The number of rotatable bonds is 2. The summed E-state index contributed by atoms with van der Waals surface area (Å²) in [6.45, 7) is 2.88. The molecular weight excluding hydrogens is 223 g/mol. The van der Waals surface area contributed by atoms with E-state index in [1.165, 1.54) is 18.2 Å². The quantitative estimate of drug-likeness (QED) is 0.789. The van der Waals surface area contributed by atoms with Gasteiger partial charge < -0.3 is 15.3 Å². The Labute approximate surface area is 99.0 Å². The Bertz CT molecular complexity index is 417. The van der Waals surface area contributed by atoms with E-state index in [9.17, 15) is 14.3 Å². The van der Waals surface area contributed by atoms with Crippen molar-refractivity contribution in [1.29, 1.82) is 0 Å². The van der Waals surface area contributed by atoms with Crippen molar-refractivity contribution < 1.29 is 14.3 Å². The van der Waals surface area contributed by atoms with Crippen LogP contribution in [0, 0.1) is 5.82 Å². The van der Waals surface area contributed by atoms with E-state index >= 15 is 0 Å². The molecule has 0 spiro atoms. The van der Waals surface area contributed by atoms with Crippen molar-refractivity contribution in [3.63, 3.8) is 0 Å². The molecule has 1 aromatic rings. The molecule has 5 heteroatoms. The van der Waals surface area contributed by atoms with Gasteiger partial charge in [-0.1, -0.05) is 0 Å². The van der Waals surface area contributed by atoms with Crippen LogP contribution >= 0.6 is 0 Å². The van der Waals surface area contributed by atoms with Crippen molar-refractivity contribution in [3.05, 3.63) is 29.6 Å². The summed E-state index contributed by atoms with van der Waals surface area (Å²) < 4.78 is 13.0. The summed E-state index contributed by atoms with van der Waals surface area (Å²) in [5, 5.41) is 12.7. The normalized spacial score (nSPS) is 15.9. The lowest BCUT2D eigenvalue weighted by Crippen LogP contribution is -2.46. The zero-order valence-electron chi connectivity index (χ0n) is 9.45. The molecule has 1 amide bonds. The van der Waals surface area contributed by atoms with Gasteiger partial charge in [0, 0.05) is 31.7 Å². The highest BCUT2D eigenvalue weighted by atomic mass is 19.1. The lowest BCUT2D eigenvalue weighted by atomic mass is 10.1.